The average Bonchev–Trinajstić information content (AvgIpc) is 2.61. The van der Waals surface area contributed by atoms with E-state index in [-0.39, 0.29) is 12.2 Å². The van der Waals surface area contributed by atoms with Crippen LogP contribution in [0.1, 0.15) is 34.5 Å². The molecule has 0 amide bonds. The summed E-state index contributed by atoms with van der Waals surface area (Å²) in [6, 6.07) is 16.8. The Kier molecular flexibility index (Phi) is 3.47. The van der Waals surface area contributed by atoms with Crippen molar-refractivity contribution >= 4 is 0 Å². The number of ether oxygens (including phenoxy) is 3. The molecule has 0 radical (unpaired) electrons. The third-order valence-corrected chi connectivity index (χ3v) is 4.15. The molecule has 0 saturated heterocycles. The minimum atomic E-state index is -0.0288. The highest BCUT2D eigenvalue weighted by molar-refractivity contribution is 5.50. The van der Waals surface area contributed by atoms with E-state index in [9.17, 15) is 0 Å². The molecule has 0 spiro atoms. The van der Waals surface area contributed by atoms with Gasteiger partial charge in [0.05, 0.1) is 26.4 Å². The second-order valence-corrected chi connectivity index (χ2v) is 5.37. The first-order chi connectivity index (χ1) is 10.4. The molecule has 1 aliphatic heterocycles. The Morgan fingerprint density at radius 3 is 1.33 bits per heavy atom. The molecule has 21 heavy (non-hydrogen) atoms. The fourth-order valence-corrected chi connectivity index (χ4v) is 3.22. The largest absolute Gasteiger partial charge is 0.377 e. The van der Waals surface area contributed by atoms with Crippen molar-refractivity contribution < 1.29 is 14.2 Å². The Bertz CT molecular complexity index is 536. The third kappa shape index (κ3) is 2.27. The quantitative estimate of drug-likeness (QED) is 0.742. The van der Waals surface area contributed by atoms with Crippen LogP contribution in [-0.4, -0.2) is 26.4 Å². The second kappa shape index (κ2) is 5.60. The summed E-state index contributed by atoms with van der Waals surface area (Å²) in [7, 11) is 0. The molecule has 3 heteroatoms. The van der Waals surface area contributed by atoms with Crippen LogP contribution in [0.2, 0.25) is 0 Å². The lowest BCUT2D eigenvalue weighted by atomic mass is 9.82. The average molecular weight is 282 g/mol. The van der Waals surface area contributed by atoms with Gasteiger partial charge in [0.15, 0.2) is 0 Å². The molecule has 1 heterocycles. The highest BCUT2D eigenvalue weighted by atomic mass is 16.6. The van der Waals surface area contributed by atoms with E-state index in [0.717, 1.165) is 0 Å². The first-order valence-electron chi connectivity index (χ1n) is 7.44. The number of hydrogen-bond donors (Lipinski definition) is 0. The Morgan fingerprint density at radius 1 is 0.571 bits per heavy atom. The molecular weight excluding hydrogens is 264 g/mol. The van der Waals surface area contributed by atoms with Gasteiger partial charge in [-0.25, -0.2) is 0 Å². The maximum atomic E-state index is 6.13. The summed E-state index contributed by atoms with van der Waals surface area (Å²) in [6.07, 6.45) is -0.0575. The standard InChI is InChI=1S/C18H18O3/c1-2-6-14-13(5-1)17-15-7-3-4-8-16(15)18(14)21-12-10-19-9-11-20-17/h1-8,17-18H,9-12H2. The van der Waals surface area contributed by atoms with Crippen molar-refractivity contribution in [2.24, 2.45) is 0 Å². The van der Waals surface area contributed by atoms with Crippen molar-refractivity contribution in [2.45, 2.75) is 12.2 Å². The molecule has 2 aliphatic rings. The molecule has 0 aromatic heterocycles. The van der Waals surface area contributed by atoms with Crippen LogP contribution in [0, 0.1) is 0 Å². The van der Waals surface area contributed by atoms with Gasteiger partial charge in [0.2, 0.25) is 0 Å². The molecule has 2 aromatic rings. The Hall–Kier alpha value is -1.68. The summed E-state index contributed by atoms with van der Waals surface area (Å²) in [5.74, 6) is 0. The Balaban J connectivity index is 1.89. The molecule has 1 aliphatic carbocycles. The van der Waals surface area contributed by atoms with Crippen molar-refractivity contribution in [1.82, 2.24) is 0 Å². The smallest absolute Gasteiger partial charge is 0.108 e. The Labute approximate surface area is 124 Å². The van der Waals surface area contributed by atoms with Crippen LogP contribution in [0.3, 0.4) is 0 Å². The first kappa shape index (κ1) is 13.0. The van der Waals surface area contributed by atoms with Gasteiger partial charge < -0.3 is 14.2 Å². The van der Waals surface area contributed by atoms with E-state index in [1.807, 2.05) is 0 Å². The summed E-state index contributed by atoms with van der Waals surface area (Å²) < 4.78 is 17.8. The summed E-state index contributed by atoms with van der Waals surface area (Å²) in [5, 5.41) is 0. The lowest BCUT2D eigenvalue weighted by Crippen LogP contribution is -2.22. The van der Waals surface area contributed by atoms with Gasteiger partial charge in [-0.2, -0.15) is 0 Å². The normalized spacial score (nSPS) is 24.8. The minimum Gasteiger partial charge on any atom is -0.377 e. The molecular formula is C18H18O3. The van der Waals surface area contributed by atoms with Crippen molar-refractivity contribution in [3.8, 4) is 0 Å². The molecule has 2 bridgehead atoms. The van der Waals surface area contributed by atoms with Gasteiger partial charge in [-0.05, 0) is 22.3 Å². The summed E-state index contributed by atoms with van der Waals surface area (Å²) in [5.41, 5.74) is 4.84. The van der Waals surface area contributed by atoms with E-state index >= 15 is 0 Å². The van der Waals surface area contributed by atoms with Crippen molar-refractivity contribution in [2.75, 3.05) is 26.4 Å². The fraction of sp³-hybridized carbons (Fsp3) is 0.333. The molecule has 4 rings (SSSR count). The number of hydrogen-bond acceptors (Lipinski definition) is 3. The lowest BCUT2D eigenvalue weighted by molar-refractivity contribution is 0.00187. The van der Waals surface area contributed by atoms with Crippen LogP contribution in [0.5, 0.6) is 0 Å². The van der Waals surface area contributed by atoms with Gasteiger partial charge >= 0.3 is 0 Å². The molecule has 0 atom stereocenters. The molecule has 0 fully saturated rings. The van der Waals surface area contributed by atoms with E-state index in [0.29, 0.717) is 26.4 Å². The topological polar surface area (TPSA) is 27.7 Å². The van der Waals surface area contributed by atoms with Crippen LogP contribution >= 0.6 is 0 Å². The zero-order valence-electron chi connectivity index (χ0n) is 11.8. The van der Waals surface area contributed by atoms with E-state index in [1.54, 1.807) is 0 Å². The van der Waals surface area contributed by atoms with Gasteiger partial charge in [0, 0.05) is 0 Å². The van der Waals surface area contributed by atoms with Crippen LogP contribution in [-0.2, 0) is 14.2 Å². The van der Waals surface area contributed by atoms with Gasteiger partial charge in [-0.15, -0.1) is 0 Å². The van der Waals surface area contributed by atoms with E-state index in [4.69, 9.17) is 14.2 Å². The van der Waals surface area contributed by atoms with Crippen LogP contribution in [0.4, 0.5) is 0 Å². The third-order valence-electron chi connectivity index (χ3n) is 4.15. The number of rotatable bonds is 0. The number of fused-ring (bicyclic) bond motifs is 3. The maximum Gasteiger partial charge on any atom is 0.108 e. The highest BCUT2D eigenvalue weighted by Crippen LogP contribution is 2.44. The van der Waals surface area contributed by atoms with Crippen molar-refractivity contribution in [1.29, 1.82) is 0 Å². The van der Waals surface area contributed by atoms with Gasteiger partial charge in [0.25, 0.3) is 0 Å². The predicted octanol–water partition coefficient (Wildman–Crippen LogP) is 3.24. The lowest BCUT2D eigenvalue weighted by Gasteiger charge is -2.33. The van der Waals surface area contributed by atoms with Gasteiger partial charge in [0.1, 0.15) is 12.2 Å². The monoisotopic (exact) mass is 282 g/mol. The van der Waals surface area contributed by atoms with Gasteiger partial charge in [-0.1, -0.05) is 48.5 Å². The summed E-state index contributed by atoms with van der Waals surface area (Å²) >= 11 is 0. The maximum absolute atomic E-state index is 6.13. The molecule has 108 valence electrons. The van der Waals surface area contributed by atoms with E-state index in [2.05, 4.69) is 48.5 Å². The Morgan fingerprint density at radius 2 is 0.952 bits per heavy atom. The zero-order chi connectivity index (χ0) is 14.1. The number of benzene rings is 2. The van der Waals surface area contributed by atoms with Crippen molar-refractivity contribution in [3.05, 3.63) is 70.8 Å². The van der Waals surface area contributed by atoms with E-state index < -0.39 is 0 Å². The SMILES string of the molecule is c1ccc2c(c1)C1OCCOCCOC2c2ccccc21. The van der Waals surface area contributed by atoms with Crippen LogP contribution in [0.25, 0.3) is 0 Å². The van der Waals surface area contributed by atoms with Crippen molar-refractivity contribution in [3.63, 3.8) is 0 Å². The van der Waals surface area contributed by atoms with Gasteiger partial charge in [-0.3, -0.25) is 0 Å². The molecule has 0 unspecified atom stereocenters. The van der Waals surface area contributed by atoms with E-state index in [1.165, 1.54) is 22.3 Å². The summed E-state index contributed by atoms with van der Waals surface area (Å²) in [6.45, 7) is 2.40. The first-order valence-corrected chi connectivity index (χ1v) is 7.44. The molecule has 3 nitrogen and oxygen atoms in total. The highest BCUT2D eigenvalue weighted by Gasteiger charge is 2.33. The zero-order valence-corrected chi connectivity index (χ0v) is 11.8. The molecule has 2 aromatic carbocycles. The minimum absolute atomic E-state index is 0.0288. The predicted molar refractivity (Wildman–Crippen MR) is 79.3 cm³/mol. The molecule has 0 N–H and O–H groups in total. The second-order valence-electron chi connectivity index (χ2n) is 5.37. The fourth-order valence-electron chi connectivity index (χ4n) is 3.22. The molecule has 0 saturated carbocycles. The van der Waals surface area contributed by atoms with Crippen LogP contribution in [0.15, 0.2) is 48.5 Å². The van der Waals surface area contributed by atoms with Crippen LogP contribution < -0.4 is 0 Å². The summed E-state index contributed by atoms with van der Waals surface area (Å²) in [4.78, 5) is 0.